The summed E-state index contributed by atoms with van der Waals surface area (Å²) < 4.78 is 0. The fourth-order valence-corrected chi connectivity index (χ4v) is 2.97. The maximum Gasteiger partial charge on any atom is 0.163 e. The van der Waals surface area contributed by atoms with E-state index in [0.29, 0.717) is 18.3 Å². The van der Waals surface area contributed by atoms with Crippen molar-refractivity contribution in [2.75, 3.05) is 18.5 Å². The summed E-state index contributed by atoms with van der Waals surface area (Å²) >= 11 is 0. The van der Waals surface area contributed by atoms with E-state index in [1.54, 1.807) is 12.4 Å². The van der Waals surface area contributed by atoms with Crippen LogP contribution in [0.1, 0.15) is 12.8 Å². The molecule has 2 aromatic heterocycles. The first-order valence-corrected chi connectivity index (χ1v) is 8.29. The third-order valence-electron chi connectivity index (χ3n) is 4.49. The second-order valence-corrected chi connectivity index (χ2v) is 6.41. The number of likely N-dealkylation sites (N-methyl/N-ethyl adjacent to an activating group) is 1. The predicted octanol–water partition coefficient (Wildman–Crippen LogP) is 2.90. The maximum atomic E-state index is 10.3. The fraction of sp³-hybridized carbons (Fsp3) is 0.316. The van der Waals surface area contributed by atoms with Gasteiger partial charge in [0.05, 0.1) is 11.6 Å². The molecule has 1 aromatic carbocycles. The third-order valence-corrected chi connectivity index (χ3v) is 4.49. The minimum atomic E-state index is -0.300. The molecule has 1 aliphatic carbocycles. The van der Waals surface area contributed by atoms with Gasteiger partial charge in [0, 0.05) is 36.9 Å². The first-order valence-electron chi connectivity index (χ1n) is 8.29. The number of fused-ring (bicyclic) bond motifs is 1. The van der Waals surface area contributed by atoms with Crippen LogP contribution in [0.3, 0.4) is 0 Å². The first kappa shape index (κ1) is 15.0. The zero-order chi connectivity index (χ0) is 16.5. The molecule has 0 aliphatic heterocycles. The molecule has 1 fully saturated rings. The van der Waals surface area contributed by atoms with Gasteiger partial charge in [-0.1, -0.05) is 12.1 Å². The van der Waals surface area contributed by atoms with Crippen molar-refractivity contribution in [3.05, 3.63) is 48.8 Å². The topological polar surface area (TPSA) is 62.1 Å². The van der Waals surface area contributed by atoms with Crippen molar-refractivity contribution in [1.82, 2.24) is 15.0 Å². The average Bonchev–Trinajstić information content (AvgIpc) is 3.46. The van der Waals surface area contributed by atoms with Crippen LogP contribution in [-0.2, 0) is 0 Å². The summed E-state index contributed by atoms with van der Waals surface area (Å²) in [7, 11) is 1.98. The Labute approximate surface area is 141 Å². The smallest absolute Gasteiger partial charge is 0.163 e. The lowest BCUT2D eigenvalue weighted by molar-refractivity contribution is 0.158. The molecule has 1 unspecified atom stereocenters. The first-order chi connectivity index (χ1) is 11.7. The molecule has 1 atom stereocenters. The van der Waals surface area contributed by atoms with Crippen LogP contribution in [0.15, 0.2) is 48.8 Å². The highest BCUT2D eigenvalue weighted by atomic mass is 16.3. The molecule has 0 spiro atoms. The fourth-order valence-electron chi connectivity index (χ4n) is 2.97. The molecule has 0 amide bonds. The molecule has 0 radical (unpaired) electrons. The van der Waals surface area contributed by atoms with Gasteiger partial charge in [0.1, 0.15) is 5.82 Å². The SMILES string of the molecule is CN(CC(O)C1CC1)c1nc(-c2cccnc2)nc2ccccc12. The number of anilines is 1. The van der Waals surface area contributed by atoms with Crippen molar-refractivity contribution < 1.29 is 5.11 Å². The molecule has 24 heavy (non-hydrogen) atoms. The van der Waals surface area contributed by atoms with Crippen LogP contribution < -0.4 is 4.90 Å². The molecule has 3 aromatic rings. The Balaban J connectivity index is 1.77. The summed E-state index contributed by atoms with van der Waals surface area (Å²) in [6.07, 6.45) is 5.46. The number of nitrogens with zero attached hydrogens (tertiary/aromatic N) is 4. The number of aliphatic hydroxyl groups is 1. The molecule has 5 nitrogen and oxygen atoms in total. The van der Waals surface area contributed by atoms with Gasteiger partial charge in [-0.15, -0.1) is 0 Å². The number of hydrogen-bond donors (Lipinski definition) is 1. The highest BCUT2D eigenvalue weighted by Crippen LogP contribution is 2.34. The second-order valence-electron chi connectivity index (χ2n) is 6.41. The Bertz CT molecular complexity index is 848. The van der Waals surface area contributed by atoms with Crippen LogP contribution in [0.25, 0.3) is 22.3 Å². The second kappa shape index (κ2) is 6.17. The van der Waals surface area contributed by atoms with Gasteiger partial charge in [-0.3, -0.25) is 4.98 Å². The van der Waals surface area contributed by atoms with Crippen molar-refractivity contribution in [3.63, 3.8) is 0 Å². The lowest BCUT2D eigenvalue weighted by Crippen LogP contribution is -2.31. The van der Waals surface area contributed by atoms with E-state index in [2.05, 4.69) is 9.97 Å². The third kappa shape index (κ3) is 2.95. The van der Waals surface area contributed by atoms with Gasteiger partial charge >= 0.3 is 0 Å². The van der Waals surface area contributed by atoms with Crippen molar-refractivity contribution in [3.8, 4) is 11.4 Å². The standard InChI is InChI=1S/C19H20N4O/c1-23(12-17(24)13-8-9-13)19-15-6-2-3-7-16(15)21-18(22-19)14-5-4-10-20-11-14/h2-7,10-11,13,17,24H,8-9,12H2,1H3. The van der Waals surface area contributed by atoms with Crippen LogP contribution in [-0.4, -0.2) is 39.8 Å². The summed E-state index contributed by atoms with van der Waals surface area (Å²) in [5.74, 6) is 1.95. The maximum absolute atomic E-state index is 10.3. The average molecular weight is 320 g/mol. The minimum Gasteiger partial charge on any atom is -0.391 e. The molecule has 0 saturated heterocycles. The molecule has 1 saturated carbocycles. The molecule has 0 bridgehead atoms. The summed E-state index contributed by atoms with van der Waals surface area (Å²) in [5, 5.41) is 11.3. The zero-order valence-electron chi connectivity index (χ0n) is 13.6. The molecule has 1 aliphatic rings. The molecule has 2 heterocycles. The van der Waals surface area contributed by atoms with E-state index in [-0.39, 0.29) is 6.10 Å². The van der Waals surface area contributed by atoms with E-state index >= 15 is 0 Å². The molecule has 4 rings (SSSR count). The van der Waals surface area contributed by atoms with E-state index in [9.17, 15) is 5.11 Å². The van der Waals surface area contributed by atoms with Crippen molar-refractivity contribution in [1.29, 1.82) is 0 Å². The highest BCUT2D eigenvalue weighted by Gasteiger charge is 2.30. The Morgan fingerprint density at radius 3 is 2.75 bits per heavy atom. The molecule has 1 N–H and O–H groups in total. The van der Waals surface area contributed by atoms with Gasteiger partial charge in [-0.05, 0) is 43.0 Å². The number of pyridine rings is 1. The Morgan fingerprint density at radius 2 is 2.00 bits per heavy atom. The van der Waals surface area contributed by atoms with E-state index in [1.165, 1.54) is 0 Å². The Morgan fingerprint density at radius 1 is 1.17 bits per heavy atom. The summed E-state index contributed by atoms with van der Waals surface area (Å²) in [6.45, 7) is 0.582. The Kier molecular flexibility index (Phi) is 3.86. The van der Waals surface area contributed by atoms with E-state index in [1.807, 2.05) is 48.3 Å². The van der Waals surface area contributed by atoms with Gasteiger partial charge in [-0.25, -0.2) is 9.97 Å². The van der Waals surface area contributed by atoms with E-state index in [0.717, 1.165) is 35.1 Å². The van der Waals surface area contributed by atoms with Crippen molar-refractivity contribution in [2.24, 2.45) is 5.92 Å². The molecule has 5 heteroatoms. The Hall–Kier alpha value is -2.53. The van der Waals surface area contributed by atoms with Gasteiger partial charge in [0.15, 0.2) is 5.82 Å². The number of aromatic nitrogens is 3. The lowest BCUT2D eigenvalue weighted by Gasteiger charge is -2.23. The zero-order valence-corrected chi connectivity index (χ0v) is 13.6. The minimum absolute atomic E-state index is 0.300. The van der Waals surface area contributed by atoms with Crippen LogP contribution in [0.2, 0.25) is 0 Å². The number of benzene rings is 1. The van der Waals surface area contributed by atoms with Crippen LogP contribution in [0.5, 0.6) is 0 Å². The summed E-state index contributed by atoms with van der Waals surface area (Å²) in [6, 6.07) is 11.8. The van der Waals surface area contributed by atoms with Crippen molar-refractivity contribution >= 4 is 16.7 Å². The molecular formula is C19H20N4O. The van der Waals surface area contributed by atoms with E-state index in [4.69, 9.17) is 4.98 Å². The largest absolute Gasteiger partial charge is 0.391 e. The van der Waals surface area contributed by atoms with Gasteiger partial charge in [0.2, 0.25) is 0 Å². The predicted molar refractivity (Wildman–Crippen MR) is 94.8 cm³/mol. The van der Waals surface area contributed by atoms with Crippen LogP contribution in [0, 0.1) is 5.92 Å². The number of rotatable bonds is 5. The number of hydrogen-bond acceptors (Lipinski definition) is 5. The summed E-state index contributed by atoms with van der Waals surface area (Å²) in [5.41, 5.74) is 1.79. The number of para-hydroxylation sites is 1. The normalized spacial score (nSPS) is 15.4. The molecular weight excluding hydrogens is 300 g/mol. The summed E-state index contributed by atoms with van der Waals surface area (Å²) in [4.78, 5) is 15.6. The highest BCUT2D eigenvalue weighted by molar-refractivity contribution is 5.90. The van der Waals surface area contributed by atoms with Crippen LogP contribution in [0.4, 0.5) is 5.82 Å². The van der Waals surface area contributed by atoms with Crippen molar-refractivity contribution in [2.45, 2.75) is 18.9 Å². The van der Waals surface area contributed by atoms with Crippen LogP contribution >= 0.6 is 0 Å². The lowest BCUT2D eigenvalue weighted by atomic mass is 10.2. The monoisotopic (exact) mass is 320 g/mol. The molecule has 122 valence electrons. The number of aliphatic hydroxyl groups excluding tert-OH is 1. The van der Waals surface area contributed by atoms with Gasteiger partial charge in [0.25, 0.3) is 0 Å². The quantitative estimate of drug-likeness (QED) is 0.783. The van der Waals surface area contributed by atoms with Gasteiger partial charge < -0.3 is 10.0 Å². The van der Waals surface area contributed by atoms with Gasteiger partial charge in [-0.2, -0.15) is 0 Å². The van der Waals surface area contributed by atoms with E-state index < -0.39 is 0 Å².